The van der Waals surface area contributed by atoms with E-state index in [9.17, 15) is 4.79 Å². The predicted molar refractivity (Wildman–Crippen MR) is 68.4 cm³/mol. The molecular weight excluding hydrogens is 216 g/mol. The monoisotopic (exact) mass is 236 g/mol. The van der Waals surface area contributed by atoms with Gasteiger partial charge in [0.15, 0.2) is 0 Å². The number of rotatable bonds is 2. The molecule has 1 fully saturated rings. The number of hydrogen-bond acceptors (Lipinski definition) is 4. The molecule has 2 heterocycles. The van der Waals surface area contributed by atoms with Gasteiger partial charge in [0, 0.05) is 31.1 Å². The number of aromatic amines is 1. The molecule has 1 aliphatic heterocycles. The molecule has 2 rings (SSSR count). The third-order valence-electron chi connectivity index (χ3n) is 3.08. The summed E-state index contributed by atoms with van der Waals surface area (Å²) in [5, 5.41) is 0. The molecule has 1 aliphatic rings. The summed E-state index contributed by atoms with van der Waals surface area (Å²) >= 11 is 0. The van der Waals surface area contributed by atoms with Crippen molar-refractivity contribution in [2.24, 2.45) is 5.73 Å². The average Bonchev–Trinajstić information content (AvgIpc) is 2.28. The molecule has 3 N–H and O–H groups in total. The Kier molecular flexibility index (Phi) is 3.47. The van der Waals surface area contributed by atoms with Crippen LogP contribution in [0.25, 0.3) is 0 Å². The van der Waals surface area contributed by atoms with Crippen molar-refractivity contribution < 1.29 is 0 Å². The molecule has 0 saturated carbocycles. The SMILES string of the molecule is CC(C)c1nc(N2CCC[C@@H](N)C2)cc(=O)[nH]1. The Hall–Kier alpha value is -1.36. The molecule has 0 radical (unpaired) electrons. The molecule has 94 valence electrons. The van der Waals surface area contributed by atoms with Gasteiger partial charge in [0.05, 0.1) is 0 Å². The van der Waals surface area contributed by atoms with Gasteiger partial charge in [-0.05, 0) is 12.8 Å². The summed E-state index contributed by atoms with van der Waals surface area (Å²) in [6.07, 6.45) is 2.11. The molecule has 5 nitrogen and oxygen atoms in total. The highest BCUT2D eigenvalue weighted by molar-refractivity contribution is 5.38. The minimum Gasteiger partial charge on any atom is -0.355 e. The Morgan fingerprint density at radius 2 is 2.35 bits per heavy atom. The third-order valence-corrected chi connectivity index (χ3v) is 3.08. The van der Waals surface area contributed by atoms with Crippen LogP contribution in [0.1, 0.15) is 38.4 Å². The van der Waals surface area contributed by atoms with Gasteiger partial charge < -0.3 is 15.6 Å². The van der Waals surface area contributed by atoms with Crippen molar-refractivity contribution in [3.8, 4) is 0 Å². The molecule has 0 spiro atoms. The van der Waals surface area contributed by atoms with Gasteiger partial charge in [-0.1, -0.05) is 13.8 Å². The number of nitrogens with zero attached hydrogens (tertiary/aromatic N) is 2. The lowest BCUT2D eigenvalue weighted by atomic mass is 10.1. The lowest BCUT2D eigenvalue weighted by Gasteiger charge is -2.31. The van der Waals surface area contributed by atoms with Crippen molar-refractivity contribution in [3.05, 3.63) is 22.2 Å². The zero-order chi connectivity index (χ0) is 12.4. The van der Waals surface area contributed by atoms with E-state index in [-0.39, 0.29) is 17.5 Å². The molecule has 1 aromatic heterocycles. The molecule has 5 heteroatoms. The van der Waals surface area contributed by atoms with Crippen molar-refractivity contribution in [1.29, 1.82) is 0 Å². The van der Waals surface area contributed by atoms with E-state index in [1.165, 1.54) is 0 Å². The molecular formula is C12H20N4O. The van der Waals surface area contributed by atoms with E-state index < -0.39 is 0 Å². The minimum absolute atomic E-state index is 0.0853. The maximum Gasteiger partial charge on any atom is 0.252 e. The van der Waals surface area contributed by atoms with E-state index in [4.69, 9.17) is 5.73 Å². The molecule has 1 aromatic rings. The smallest absolute Gasteiger partial charge is 0.252 e. The van der Waals surface area contributed by atoms with E-state index in [2.05, 4.69) is 14.9 Å². The van der Waals surface area contributed by atoms with E-state index in [1.54, 1.807) is 6.07 Å². The first-order chi connectivity index (χ1) is 8.06. The van der Waals surface area contributed by atoms with Crippen LogP contribution in [0, 0.1) is 0 Å². The summed E-state index contributed by atoms with van der Waals surface area (Å²) in [4.78, 5) is 21.0. The quantitative estimate of drug-likeness (QED) is 0.797. The number of nitrogens with one attached hydrogen (secondary N) is 1. The Labute approximate surface area is 101 Å². The number of aromatic nitrogens is 2. The molecule has 17 heavy (non-hydrogen) atoms. The molecule has 1 saturated heterocycles. The summed E-state index contributed by atoms with van der Waals surface area (Å²) in [6.45, 7) is 5.75. The number of anilines is 1. The summed E-state index contributed by atoms with van der Waals surface area (Å²) in [5.41, 5.74) is 5.86. The van der Waals surface area contributed by atoms with Gasteiger partial charge in [0.1, 0.15) is 11.6 Å². The summed E-state index contributed by atoms with van der Waals surface area (Å²) in [6, 6.07) is 1.75. The van der Waals surface area contributed by atoms with Gasteiger partial charge in [-0.2, -0.15) is 0 Å². The maximum absolute atomic E-state index is 11.6. The van der Waals surface area contributed by atoms with Crippen LogP contribution in [-0.4, -0.2) is 29.1 Å². The van der Waals surface area contributed by atoms with Crippen molar-refractivity contribution in [1.82, 2.24) is 9.97 Å². The Morgan fingerprint density at radius 3 is 3.00 bits per heavy atom. The summed E-state index contributed by atoms with van der Waals surface area (Å²) in [7, 11) is 0. The van der Waals surface area contributed by atoms with Crippen LogP contribution in [0.4, 0.5) is 5.82 Å². The number of hydrogen-bond donors (Lipinski definition) is 2. The van der Waals surface area contributed by atoms with Gasteiger partial charge >= 0.3 is 0 Å². The topological polar surface area (TPSA) is 75.0 Å². The van der Waals surface area contributed by atoms with Gasteiger partial charge in [0.2, 0.25) is 0 Å². The van der Waals surface area contributed by atoms with Crippen LogP contribution in [0.3, 0.4) is 0 Å². The highest BCUT2D eigenvalue weighted by Gasteiger charge is 2.19. The highest BCUT2D eigenvalue weighted by Crippen LogP contribution is 2.17. The van der Waals surface area contributed by atoms with E-state index in [1.807, 2.05) is 13.8 Å². The zero-order valence-corrected chi connectivity index (χ0v) is 10.4. The number of nitrogens with two attached hydrogens (primary N) is 1. The van der Waals surface area contributed by atoms with E-state index in [0.717, 1.165) is 37.6 Å². The molecule has 1 atom stereocenters. The average molecular weight is 236 g/mol. The van der Waals surface area contributed by atoms with Crippen molar-refractivity contribution in [3.63, 3.8) is 0 Å². The summed E-state index contributed by atoms with van der Waals surface area (Å²) < 4.78 is 0. The van der Waals surface area contributed by atoms with Crippen molar-refractivity contribution in [2.75, 3.05) is 18.0 Å². The maximum atomic E-state index is 11.6. The second-order valence-corrected chi connectivity index (χ2v) is 4.99. The first-order valence-electron chi connectivity index (χ1n) is 6.18. The third kappa shape index (κ3) is 2.85. The lowest BCUT2D eigenvalue weighted by molar-refractivity contribution is 0.502. The zero-order valence-electron chi connectivity index (χ0n) is 10.4. The summed E-state index contributed by atoms with van der Waals surface area (Å²) in [5.74, 6) is 1.72. The highest BCUT2D eigenvalue weighted by atomic mass is 16.1. The molecule has 0 amide bonds. The van der Waals surface area contributed by atoms with Crippen LogP contribution in [-0.2, 0) is 0 Å². The van der Waals surface area contributed by atoms with Crippen LogP contribution >= 0.6 is 0 Å². The Morgan fingerprint density at radius 1 is 1.59 bits per heavy atom. The first-order valence-corrected chi connectivity index (χ1v) is 6.18. The molecule has 0 aromatic carbocycles. The fraction of sp³-hybridized carbons (Fsp3) is 0.667. The Bertz CT molecular complexity index is 440. The van der Waals surface area contributed by atoms with Gasteiger partial charge in [0.25, 0.3) is 5.56 Å². The second kappa shape index (κ2) is 4.87. The largest absolute Gasteiger partial charge is 0.355 e. The fourth-order valence-corrected chi connectivity index (χ4v) is 2.12. The van der Waals surface area contributed by atoms with Crippen LogP contribution in [0.5, 0.6) is 0 Å². The lowest BCUT2D eigenvalue weighted by Crippen LogP contribution is -2.43. The van der Waals surface area contributed by atoms with E-state index in [0.29, 0.717) is 0 Å². The standard InChI is InChI=1S/C12H20N4O/c1-8(2)12-14-10(6-11(17)15-12)16-5-3-4-9(13)7-16/h6,8-9H,3-5,7,13H2,1-2H3,(H,14,15,17)/t9-/m1/s1. The van der Waals surface area contributed by atoms with Crippen molar-refractivity contribution >= 4 is 5.82 Å². The fourth-order valence-electron chi connectivity index (χ4n) is 2.12. The minimum atomic E-state index is -0.0853. The Balaban J connectivity index is 2.28. The van der Waals surface area contributed by atoms with Gasteiger partial charge in [-0.25, -0.2) is 4.98 Å². The predicted octanol–water partition coefficient (Wildman–Crippen LogP) is 0.821. The molecule has 0 unspecified atom stereocenters. The van der Waals surface area contributed by atoms with Crippen molar-refractivity contribution in [2.45, 2.75) is 38.6 Å². The molecule has 0 aliphatic carbocycles. The van der Waals surface area contributed by atoms with Gasteiger partial charge in [-0.15, -0.1) is 0 Å². The molecule has 0 bridgehead atoms. The van der Waals surface area contributed by atoms with Crippen LogP contribution in [0.15, 0.2) is 10.9 Å². The normalized spacial score (nSPS) is 20.9. The number of H-pyrrole nitrogens is 1. The second-order valence-electron chi connectivity index (χ2n) is 4.99. The first kappa shape index (κ1) is 12.1. The van der Waals surface area contributed by atoms with Crippen LogP contribution in [0.2, 0.25) is 0 Å². The van der Waals surface area contributed by atoms with E-state index >= 15 is 0 Å². The van der Waals surface area contributed by atoms with Crippen LogP contribution < -0.4 is 16.2 Å². The number of piperidine rings is 1. The van der Waals surface area contributed by atoms with Gasteiger partial charge in [-0.3, -0.25) is 4.79 Å².